The fourth-order valence-corrected chi connectivity index (χ4v) is 3.12. The number of carboxylic acid groups (broad SMARTS) is 1. The molecule has 0 fully saturated rings. The lowest BCUT2D eigenvalue weighted by Gasteiger charge is -2.29. The average molecular weight is 400 g/mol. The van der Waals surface area contributed by atoms with Crippen molar-refractivity contribution in [3.63, 3.8) is 0 Å². The summed E-state index contributed by atoms with van der Waals surface area (Å²) in [6, 6.07) is 1.65. The molecule has 0 spiro atoms. The van der Waals surface area contributed by atoms with Crippen molar-refractivity contribution in [3.8, 4) is 11.5 Å². The van der Waals surface area contributed by atoms with Crippen LogP contribution < -0.4 is 14.4 Å². The van der Waals surface area contributed by atoms with E-state index in [-0.39, 0.29) is 37.9 Å². The minimum absolute atomic E-state index is 0.0319. The van der Waals surface area contributed by atoms with Gasteiger partial charge < -0.3 is 24.2 Å². The number of carbonyl (C=O) groups is 2. The Kier molecular flexibility index (Phi) is 6.06. The Hall–Kier alpha value is -3.49. The molecule has 2 aliphatic rings. The van der Waals surface area contributed by atoms with Gasteiger partial charge in [0.2, 0.25) is 6.79 Å². The van der Waals surface area contributed by atoms with E-state index in [1.165, 1.54) is 13.1 Å². The number of anilines is 1. The van der Waals surface area contributed by atoms with Gasteiger partial charge in [-0.25, -0.2) is 4.79 Å². The maximum atomic E-state index is 12.2. The fourth-order valence-electron chi connectivity index (χ4n) is 3.12. The number of hydrogen-bond acceptors (Lipinski definition) is 7. The van der Waals surface area contributed by atoms with Gasteiger partial charge in [0.15, 0.2) is 17.3 Å². The van der Waals surface area contributed by atoms with Gasteiger partial charge in [0.1, 0.15) is 0 Å². The summed E-state index contributed by atoms with van der Waals surface area (Å²) in [5, 5.41) is 12.8. The number of Topliss-reactive ketones (excluding diaryl/α,β-unsaturated/α-hetero) is 1. The molecule has 2 aliphatic heterocycles. The molecular weight excluding hydrogens is 380 g/mol. The summed E-state index contributed by atoms with van der Waals surface area (Å²) in [5.74, 6) is -0.487. The van der Waals surface area contributed by atoms with E-state index in [2.05, 4.69) is 10.0 Å². The average Bonchev–Trinajstić information content (AvgIpc) is 3.17. The smallest absolute Gasteiger partial charge is 0.333 e. The third kappa shape index (κ3) is 4.18. The van der Waals surface area contributed by atoms with Crippen molar-refractivity contribution in [2.24, 2.45) is 5.11 Å². The van der Waals surface area contributed by atoms with Gasteiger partial charge in [-0.1, -0.05) is 11.2 Å². The molecule has 0 aliphatic carbocycles. The topological polar surface area (TPSA) is 134 Å². The molecule has 0 aromatic heterocycles. The number of ketones is 1. The zero-order valence-electron chi connectivity index (χ0n) is 16.0. The van der Waals surface area contributed by atoms with Crippen molar-refractivity contribution in [1.29, 1.82) is 0 Å². The maximum Gasteiger partial charge on any atom is 0.333 e. The number of aliphatic carboxylic acids is 1. The molecular formula is C19H20N4O6. The zero-order chi connectivity index (χ0) is 21.0. The van der Waals surface area contributed by atoms with Crippen molar-refractivity contribution < 1.29 is 28.9 Å². The molecule has 1 aromatic rings. The number of fused-ring (bicyclic) bond motifs is 1. The van der Waals surface area contributed by atoms with Gasteiger partial charge in [-0.3, -0.25) is 4.79 Å². The van der Waals surface area contributed by atoms with E-state index in [1.54, 1.807) is 17.0 Å². The summed E-state index contributed by atoms with van der Waals surface area (Å²) < 4.78 is 16.7. The Bertz CT molecular complexity index is 962. The van der Waals surface area contributed by atoms with E-state index in [4.69, 9.17) is 19.7 Å². The molecule has 0 unspecified atom stereocenters. The summed E-state index contributed by atoms with van der Waals surface area (Å²) >= 11 is 0. The summed E-state index contributed by atoms with van der Waals surface area (Å²) in [6.45, 7) is 3.70. The van der Waals surface area contributed by atoms with Crippen molar-refractivity contribution in [1.82, 2.24) is 0 Å². The van der Waals surface area contributed by atoms with Crippen LogP contribution in [-0.4, -0.2) is 36.8 Å². The fraction of sp³-hybridized carbons (Fsp3) is 0.368. The molecule has 0 saturated heterocycles. The zero-order valence-corrected chi connectivity index (χ0v) is 16.0. The van der Waals surface area contributed by atoms with Crippen molar-refractivity contribution >= 4 is 17.4 Å². The lowest BCUT2D eigenvalue weighted by molar-refractivity contribution is -0.132. The summed E-state index contributed by atoms with van der Waals surface area (Å²) in [5.41, 5.74) is 10.9. The molecule has 2 heterocycles. The molecule has 0 bridgehead atoms. The molecule has 3 rings (SSSR count). The molecule has 1 aromatic carbocycles. The van der Waals surface area contributed by atoms with Gasteiger partial charge in [0.25, 0.3) is 0 Å². The number of nitrogens with zero attached hydrogens (tertiary/aromatic N) is 4. The molecule has 152 valence electrons. The normalized spacial score (nSPS) is 14.8. The second-order valence-electron chi connectivity index (χ2n) is 6.43. The Labute approximate surface area is 166 Å². The second kappa shape index (κ2) is 8.68. The molecule has 0 amide bonds. The first-order valence-electron chi connectivity index (χ1n) is 8.89. The SMILES string of the molecule is CC(=O)c1cc(N2C=C(C(=O)O)CC=C2C)c(COCCN=[N+]=[N-])c2c1OCO2. The standard InChI is InChI=1S/C19H20N4O6/c1-11-3-4-13(19(25)26)8-23(11)16-7-14(12(2)24)17-18(29-10-28-17)15(16)9-27-6-5-21-22-20/h3,7-8H,4-6,9-10H2,1-2H3,(H,25,26). The monoisotopic (exact) mass is 400 g/mol. The summed E-state index contributed by atoms with van der Waals surface area (Å²) in [7, 11) is 0. The van der Waals surface area contributed by atoms with Crippen LogP contribution in [0.3, 0.4) is 0 Å². The highest BCUT2D eigenvalue weighted by atomic mass is 16.7. The number of allylic oxidation sites excluding steroid dienone is 2. The lowest BCUT2D eigenvalue weighted by atomic mass is 10.0. The quantitative estimate of drug-likeness (QED) is 0.232. The number of carboxylic acids is 1. The van der Waals surface area contributed by atoms with Gasteiger partial charge >= 0.3 is 5.97 Å². The van der Waals surface area contributed by atoms with Crippen molar-refractivity contribution in [3.05, 3.63) is 51.2 Å². The van der Waals surface area contributed by atoms with Crippen LogP contribution in [0.25, 0.3) is 10.4 Å². The van der Waals surface area contributed by atoms with Crippen LogP contribution in [0.15, 0.2) is 34.7 Å². The van der Waals surface area contributed by atoms with Crippen LogP contribution in [0.4, 0.5) is 5.69 Å². The molecule has 29 heavy (non-hydrogen) atoms. The Balaban J connectivity index is 2.08. The summed E-state index contributed by atoms with van der Waals surface area (Å²) in [4.78, 5) is 28.0. The highest BCUT2D eigenvalue weighted by Crippen LogP contribution is 2.46. The maximum absolute atomic E-state index is 12.2. The number of carbonyl (C=O) groups excluding carboxylic acids is 1. The minimum Gasteiger partial charge on any atom is -0.478 e. The molecule has 10 heteroatoms. The van der Waals surface area contributed by atoms with Crippen LogP contribution in [0.1, 0.15) is 36.2 Å². The van der Waals surface area contributed by atoms with Crippen LogP contribution in [-0.2, 0) is 16.1 Å². The van der Waals surface area contributed by atoms with Gasteiger partial charge in [0.05, 0.1) is 30.0 Å². The van der Waals surface area contributed by atoms with Gasteiger partial charge in [-0.2, -0.15) is 0 Å². The van der Waals surface area contributed by atoms with E-state index < -0.39 is 5.97 Å². The van der Waals surface area contributed by atoms with Crippen LogP contribution in [0.2, 0.25) is 0 Å². The molecule has 0 atom stereocenters. The molecule has 0 saturated carbocycles. The van der Waals surface area contributed by atoms with E-state index in [9.17, 15) is 14.7 Å². The predicted molar refractivity (Wildman–Crippen MR) is 103 cm³/mol. The first kappa shape index (κ1) is 20.2. The number of ether oxygens (including phenoxy) is 3. The van der Waals surface area contributed by atoms with Crippen molar-refractivity contribution in [2.45, 2.75) is 26.9 Å². The van der Waals surface area contributed by atoms with Crippen LogP contribution >= 0.6 is 0 Å². The number of rotatable bonds is 8. The molecule has 10 nitrogen and oxygen atoms in total. The lowest BCUT2D eigenvalue weighted by Crippen LogP contribution is -2.22. The first-order valence-corrected chi connectivity index (χ1v) is 8.89. The van der Waals surface area contributed by atoms with Gasteiger partial charge in [-0.05, 0) is 25.4 Å². The highest BCUT2D eigenvalue weighted by Gasteiger charge is 2.30. The van der Waals surface area contributed by atoms with Crippen molar-refractivity contribution in [2.75, 3.05) is 24.8 Å². The van der Waals surface area contributed by atoms with E-state index in [0.717, 1.165) is 5.70 Å². The Morgan fingerprint density at radius 1 is 1.38 bits per heavy atom. The Morgan fingerprint density at radius 3 is 2.83 bits per heavy atom. The predicted octanol–water partition coefficient (Wildman–Crippen LogP) is 3.53. The number of hydrogen-bond donors (Lipinski definition) is 1. The highest BCUT2D eigenvalue weighted by molar-refractivity contribution is 6.00. The van der Waals surface area contributed by atoms with Gasteiger partial charge in [0, 0.05) is 35.3 Å². The van der Waals surface area contributed by atoms with Crippen LogP contribution in [0, 0.1) is 0 Å². The van der Waals surface area contributed by atoms with E-state index >= 15 is 0 Å². The first-order chi connectivity index (χ1) is 13.9. The second-order valence-corrected chi connectivity index (χ2v) is 6.43. The van der Waals surface area contributed by atoms with Crippen LogP contribution in [0.5, 0.6) is 11.5 Å². The van der Waals surface area contributed by atoms with E-state index in [1.807, 2.05) is 6.92 Å². The summed E-state index contributed by atoms with van der Waals surface area (Å²) in [6.07, 6.45) is 3.64. The Morgan fingerprint density at radius 2 is 2.14 bits per heavy atom. The van der Waals surface area contributed by atoms with E-state index in [0.29, 0.717) is 34.7 Å². The number of benzene rings is 1. The molecule has 0 radical (unpaired) electrons. The largest absolute Gasteiger partial charge is 0.478 e. The third-order valence-electron chi connectivity index (χ3n) is 4.56. The van der Waals surface area contributed by atoms with Gasteiger partial charge in [-0.15, -0.1) is 0 Å². The number of azide groups is 1. The molecule has 1 N–H and O–H groups in total. The minimum atomic E-state index is -1.02. The third-order valence-corrected chi connectivity index (χ3v) is 4.56.